The van der Waals surface area contributed by atoms with Gasteiger partial charge in [-0.15, -0.1) is 5.10 Å². The second-order valence-corrected chi connectivity index (χ2v) is 4.05. The molecule has 2 unspecified atom stereocenters. The summed E-state index contributed by atoms with van der Waals surface area (Å²) in [6.45, 7) is 2.42. The lowest BCUT2D eigenvalue weighted by molar-refractivity contribution is -0.141. The summed E-state index contributed by atoms with van der Waals surface area (Å²) in [6, 6.07) is 3.46. The summed E-state index contributed by atoms with van der Waals surface area (Å²) < 4.78 is 0. The summed E-state index contributed by atoms with van der Waals surface area (Å²) in [7, 11) is 0. The van der Waals surface area contributed by atoms with E-state index in [4.69, 9.17) is 10.4 Å². The molecule has 0 amide bonds. The predicted molar refractivity (Wildman–Crippen MR) is 59.3 cm³/mol. The molecule has 6 heteroatoms. The molecule has 2 atom stereocenters. The van der Waals surface area contributed by atoms with Crippen LogP contribution >= 0.6 is 0 Å². The molecule has 2 rings (SSSR count). The molecule has 88 valence electrons. The van der Waals surface area contributed by atoms with E-state index in [1.807, 2.05) is 17.9 Å². The van der Waals surface area contributed by atoms with Crippen LogP contribution in [0.25, 0.3) is 0 Å². The largest absolute Gasteiger partial charge is 0.481 e. The molecule has 2 heterocycles. The van der Waals surface area contributed by atoms with E-state index in [0.29, 0.717) is 24.3 Å². The maximum Gasteiger partial charge on any atom is 0.308 e. The lowest BCUT2D eigenvalue weighted by Gasteiger charge is -2.24. The Morgan fingerprint density at radius 2 is 2.47 bits per heavy atom. The fraction of sp³-hybridized carbons (Fsp3) is 0.455. The van der Waals surface area contributed by atoms with Gasteiger partial charge >= 0.3 is 5.97 Å². The number of nitrogens with zero attached hydrogens (tertiary/aromatic N) is 4. The van der Waals surface area contributed by atoms with Gasteiger partial charge in [-0.1, -0.05) is 0 Å². The van der Waals surface area contributed by atoms with Crippen LogP contribution in [0.5, 0.6) is 0 Å². The van der Waals surface area contributed by atoms with Crippen molar-refractivity contribution in [3.8, 4) is 6.07 Å². The highest BCUT2D eigenvalue weighted by Gasteiger charge is 2.37. The van der Waals surface area contributed by atoms with Gasteiger partial charge in [0.15, 0.2) is 5.82 Å². The van der Waals surface area contributed by atoms with Crippen LogP contribution in [0.2, 0.25) is 0 Å². The average molecular weight is 232 g/mol. The summed E-state index contributed by atoms with van der Waals surface area (Å²) >= 11 is 0. The van der Waals surface area contributed by atoms with Gasteiger partial charge in [0, 0.05) is 12.6 Å². The van der Waals surface area contributed by atoms with Crippen LogP contribution in [0.15, 0.2) is 12.3 Å². The van der Waals surface area contributed by atoms with Crippen LogP contribution in [-0.2, 0) is 4.79 Å². The van der Waals surface area contributed by atoms with Crippen molar-refractivity contribution in [2.24, 2.45) is 5.92 Å². The van der Waals surface area contributed by atoms with Gasteiger partial charge < -0.3 is 10.0 Å². The van der Waals surface area contributed by atoms with E-state index in [-0.39, 0.29) is 6.04 Å². The Morgan fingerprint density at radius 3 is 3.06 bits per heavy atom. The van der Waals surface area contributed by atoms with Gasteiger partial charge in [-0.2, -0.15) is 10.4 Å². The summed E-state index contributed by atoms with van der Waals surface area (Å²) in [5, 5.41) is 25.7. The Hall–Kier alpha value is -2.16. The van der Waals surface area contributed by atoms with E-state index in [9.17, 15) is 4.79 Å². The minimum absolute atomic E-state index is 0.170. The number of rotatable bonds is 2. The lowest BCUT2D eigenvalue weighted by atomic mass is 10.0. The van der Waals surface area contributed by atoms with Crippen molar-refractivity contribution < 1.29 is 9.90 Å². The topological polar surface area (TPSA) is 90.1 Å². The number of carbonyl (C=O) groups is 1. The highest BCUT2D eigenvalue weighted by molar-refractivity contribution is 5.73. The molecule has 1 fully saturated rings. The predicted octanol–water partition coefficient (Wildman–Crippen LogP) is 0.648. The number of hydrogen-bond acceptors (Lipinski definition) is 5. The SMILES string of the molecule is CC1C(C(=O)O)CCN1c1nnccc1C#N. The average Bonchev–Trinajstić information content (AvgIpc) is 2.71. The summed E-state index contributed by atoms with van der Waals surface area (Å²) in [5.41, 5.74) is 0.429. The van der Waals surface area contributed by atoms with Crippen LogP contribution in [0.1, 0.15) is 18.9 Å². The molecule has 1 saturated heterocycles. The van der Waals surface area contributed by atoms with Crippen LogP contribution in [-0.4, -0.2) is 33.9 Å². The Bertz CT molecular complexity index is 483. The van der Waals surface area contributed by atoms with Gasteiger partial charge in [-0.25, -0.2) is 0 Å². The van der Waals surface area contributed by atoms with Crippen molar-refractivity contribution in [1.29, 1.82) is 5.26 Å². The number of carboxylic acids is 1. The third-order valence-electron chi connectivity index (χ3n) is 3.17. The molecule has 1 aliphatic rings. The highest BCUT2D eigenvalue weighted by Crippen LogP contribution is 2.29. The Balaban J connectivity index is 2.31. The quantitative estimate of drug-likeness (QED) is 0.805. The molecule has 6 nitrogen and oxygen atoms in total. The molecule has 0 bridgehead atoms. The third-order valence-corrected chi connectivity index (χ3v) is 3.17. The molecule has 17 heavy (non-hydrogen) atoms. The van der Waals surface area contributed by atoms with Gasteiger partial charge in [0.25, 0.3) is 0 Å². The molecule has 0 spiro atoms. The molecule has 0 saturated carbocycles. The summed E-state index contributed by atoms with van der Waals surface area (Å²) in [5.74, 6) is -0.739. The normalized spacial score (nSPS) is 23.4. The first-order chi connectivity index (χ1) is 8.15. The van der Waals surface area contributed by atoms with Gasteiger partial charge in [0.1, 0.15) is 6.07 Å². The van der Waals surface area contributed by atoms with Crippen molar-refractivity contribution in [2.45, 2.75) is 19.4 Å². The standard InChI is InChI=1S/C11H12N4O2/c1-7-9(11(16)17)3-5-15(7)10-8(6-12)2-4-13-14-10/h2,4,7,9H,3,5H2,1H3,(H,16,17). The molecule has 1 N–H and O–H groups in total. The Kier molecular flexibility index (Phi) is 2.91. The van der Waals surface area contributed by atoms with Crippen LogP contribution in [0.3, 0.4) is 0 Å². The zero-order valence-corrected chi connectivity index (χ0v) is 9.37. The fourth-order valence-electron chi connectivity index (χ4n) is 2.19. The minimum Gasteiger partial charge on any atom is -0.481 e. The van der Waals surface area contributed by atoms with E-state index in [1.165, 1.54) is 6.20 Å². The Morgan fingerprint density at radius 1 is 1.71 bits per heavy atom. The van der Waals surface area contributed by atoms with Gasteiger partial charge in [0.2, 0.25) is 0 Å². The number of aliphatic carboxylic acids is 1. The maximum absolute atomic E-state index is 11.0. The maximum atomic E-state index is 11.0. The summed E-state index contributed by atoms with van der Waals surface area (Å²) in [6.07, 6.45) is 2.02. The van der Waals surface area contributed by atoms with Crippen molar-refractivity contribution >= 4 is 11.8 Å². The van der Waals surface area contributed by atoms with E-state index in [0.717, 1.165) is 0 Å². The van der Waals surface area contributed by atoms with Gasteiger partial charge in [-0.3, -0.25) is 4.79 Å². The summed E-state index contributed by atoms with van der Waals surface area (Å²) in [4.78, 5) is 12.9. The monoisotopic (exact) mass is 232 g/mol. The van der Waals surface area contributed by atoms with E-state index < -0.39 is 11.9 Å². The second-order valence-electron chi connectivity index (χ2n) is 4.05. The third kappa shape index (κ3) is 1.91. The van der Waals surface area contributed by atoms with Crippen molar-refractivity contribution in [3.63, 3.8) is 0 Å². The van der Waals surface area contributed by atoms with E-state index >= 15 is 0 Å². The zero-order valence-electron chi connectivity index (χ0n) is 9.37. The first-order valence-corrected chi connectivity index (χ1v) is 5.36. The van der Waals surface area contributed by atoms with E-state index in [1.54, 1.807) is 6.07 Å². The van der Waals surface area contributed by atoms with Gasteiger partial charge in [-0.05, 0) is 19.4 Å². The fourth-order valence-corrected chi connectivity index (χ4v) is 2.19. The van der Waals surface area contributed by atoms with Crippen LogP contribution < -0.4 is 4.90 Å². The molecule has 1 aromatic heterocycles. The number of anilines is 1. The molecule has 0 aromatic carbocycles. The number of hydrogen-bond donors (Lipinski definition) is 1. The highest BCUT2D eigenvalue weighted by atomic mass is 16.4. The first-order valence-electron chi connectivity index (χ1n) is 5.36. The first kappa shape index (κ1) is 11.3. The number of carboxylic acid groups (broad SMARTS) is 1. The van der Waals surface area contributed by atoms with Gasteiger partial charge in [0.05, 0.1) is 17.7 Å². The minimum atomic E-state index is -0.803. The molecular formula is C11H12N4O2. The number of aromatic nitrogens is 2. The Labute approximate surface area is 98.5 Å². The lowest BCUT2D eigenvalue weighted by Crippen LogP contribution is -2.34. The molecule has 1 aromatic rings. The molecule has 1 aliphatic heterocycles. The molecular weight excluding hydrogens is 220 g/mol. The zero-order chi connectivity index (χ0) is 12.4. The second kappa shape index (κ2) is 4.37. The number of nitriles is 1. The molecule has 0 radical (unpaired) electrons. The van der Waals surface area contributed by atoms with Crippen molar-refractivity contribution in [2.75, 3.05) is 11.4 Å². The molecule has 0 aliphatic carbocycles. The van der Waals surface area contributed by atoms with Crippen molar-refractivity contribution in [1.82, 2.24) is 10.2 Å². The van der Waals surface area contributed by atoms with Crippen molar-refractivity contribution in [3.05, 3.63) is 17.8 Å². The smallest absolute Gasteiger partial charge is 0.308 e. The van der Waals surface area contributed by atoms with E-state index in [2.05, 4.69) is 10.2 Å². The van der Waals surface area contributed by atoms with Crippen LogP contribution in [0.4, 0.5) is 5.82 Å². The van der Waals surface area contributed by atoms with Crippen LogP contribution in [0, 0.1) is 17.2 Å².